The molecule has 4 heteroatoms. The second kappa shape index (κ2) is 9.56. The van der Waals surface area contributed by atoms with E-state index in [0.717, 1.165) is 49.7 Å². The molecule has 0 amide bonds. The van der Waals surface area contributed by atoms with Gasteiger partial charge in [0.25, 0.3) is 0 Å². The quantitative estimate of drug-likeness (QED) is 0.494. The summed E-state index contributed by atoms with van der Waals surface area (Å²) in [7, 11) is 0. The Labute approximate surface area is 166 Å². The van der Waals surface area contributed by atoms with E-state index in [-0.39, 0.29) is 11.4 Å². The van der Waals surface area contributed by atoms with Crippen molar-refractivity contribution in [3.05, 3.63) is 64.5 Å². The molecule has 0 saturated carbocycles. The number of hydrogen-bond acceptors (Lipinski definition) is 4. The van der Waals surface area contributed by atoms with Crippen LogP contribution in [0.3, 0.4) is 0 Å². The van der Waals surface area contributed by atoms with E-state index in [2.05, 4.69) is 18.7 Å². The van der Waals surface area contributed by atoms with Gasteiger partial charge in [0.15, 0.2) is 0 Å². The molecule has 1 N–H and O–H groups in total. The van der Waals surface area contributed by atoms with Gasteiger partial charge in [-0.1, -0.05) is 57.0 Å². The summed E-state index contributed by atoms with van der Waals surface area (Å²) in [6.45, 7) is 6.88. The molecule has 0 aliphatic rings. The van der Waals surface area contributed by atoms with Gasteiger partial charge < -0.3 is 9.52 Å². The van der Waals surface area contributed by atoms with Crippen LogP contribution in [0, 0.1) is 0 Å². The number of benzene rings is 2. The molecule has 0 saturated heterocycles. The molecular formula is C24H29NO3. The number of hydrogen-bond donors (Lipinski definition) is 1. The summed E-state index contributed by atoms with van der Waals surface area (Å²) in [6.07, 6.45) is 4.47. The minimum Gasteiger partial charge on any atom is -0.507 e. The lowest BCUT2D eigenvalue weighted by Crippen LogP contribution is -2.25. The summed E-state index contributed by atoms with van der Waals surface area (Å²) in [4.78, 5) is 15.0. The van der Waals surface area contributed by atoms with Crippen LogP contribution in [0.25, 0.3) is 22.1 Å². The van der Waals surface area contributed by atoms with Gasteiger partial charge >= 0.3 is 5.63 Å². The maximum Gasteiger partial charge on any atom is 0.344 e. The van der Waals surface area contributed by atoms with Gasteiger partial charge in [-0.15, -0.1) is 0 Å². The topological polar surface area (TPSA) is 53.7 Å². The second-order valence-electron chi connectivity index (χ2n) is 7.28. The van der Waals surface area contributed by atoms with Gasteiger partial charge in [-0.3, -0.25) is 4.90 Å². The van der Waals surface area contributed by atoms with E-state index in [1.807, 2.05) is 42.5 Å². The average Bonchev–Trinajstić information content (AvgIpc) is 2.72. The number of phenols is 1. The molecule has 3 aromatic rings. The third-order valence-corrected chi connectivity index (χ3v) is 5.10. The highest BCUT2D eigenvalue weighted by Crippen LogP contribution is 2.30. The zero-order chi connectivity index (χ0) is 19.9. The summed E-state index contributed by atoms with van der Waals surface area (Å²) in [5.74, 6) is 0.182. The Kier molecular flexibility index (Phi) is 6.88. The van der Waals surface area contributed by atoms with Crippen molar-refractivity contribution in [3.8, 4) is 16.9 Å². The predicted molar refractivity (Wildman–Crippen MR) is 115 cm³/mol. The predicted octanol–water partition coefficient (Wildman–Crippen LogP) is 5.57. The van der Waals surface area contributed by atoms with E-state index in [4.69, 9.17) is 4.42 Å². The zero-order valence-electron chi connectivity index (χ0n) is 16.8. The first kappa shape index (κ1) is 20.2. The number of unbranched alkanes of at least 4 members (excludes halogenated alkanes) is 2. The molecule has 148 valence electrons. The number of phenolic OH excluding ortho intramolecular Hbond substituents is 1. The maximum absolute atomic E-state index is 12.7. The zero-order valence-corrected chi connectivity index (χ0v) is 16.8. The monoisotopic (exact) mass is 379 g/mol. The van der Waals surface area contributed by atoms with Crippen LogP contribution in [0.15, 0.2) is 57.7 Å². The minimum absolute atomic E-state index is 0.182. The maximum atomic E-state index is 12.7. The minimum atomic E-state index is -0.376. The molecule has 2 aromatic carbocycles. The van der Waals surface area contributed by atoms with Gasteiger partial charge in [0.05, 0.1) is 11.1 Å². The first-order valence-electron chi connectivity index (χ1n) is 10.2. The molecule has 3 rings (SSSR count). The smallest absolute Gasteiger partial charge is 0.344 e. The molecule has 0 bridgehead atoms. The molecule has 0 unspecified atom stereocenters. The van der Waals surface area contributed by atoms with Gasteiger partial charge in [0.1, 0.15) is 11.3 Å². The fraction of sp³-hybridized carbons (Fsp3) is 0.375. The lowest BCUT2D eigenvalue weighted by molar-refractivity contribution is 0.253. The molecule has 0 aliphatic heterocycles. The lowest BCUT2D eigenvalue weighted by Gasteiger charge is -2.23. The number of nitrogens with zero attached hydrogens (tertiary/aromatic N) is 1. The average molecular weight is 380 g/mol. The molecule has 0 aliphatic carbocycles. The Bertz CT molecular complexity index is 955. The Morgan fingerprint density at radius 3 is 2.29 bits per heavy atom. The van der Waals surface area contributed by atoms with Crippen LogP contribution in [0.5, 0.6) is 5.75 Å². The van der Waals surface area contributed by atoms with E-state index >= 15 is 0 Å². The molecule has 0 fully saturated rings. The SMILES string of the molecule is CCCCN(CCCC)Cc1c(O)ccc2cc(-c3ccccc3)c(=O)oc12. The van der Waals surface area contributed by atoms with Crippen molar-refractivity contribution in [2.75, 3.05) is 13.1 Å². The van der Waals surface area contributed by atoms with Crippen molar-refractivity contribution in [2.45, 2.75) is 46.1 Å². The van der Waals surface area contributed by atoms with Gasteiger partial charge in [-0.2, -0.15) is 0 Å². The summed E-state index contributed by atoms with van der Waals surface area (Å²) in [5.41, 5.74) is 2.18. The van der Waals surface area contributed by atoms with Crippen LogP contribution in [0.1, 0.15) is 45.1 Å². The van der Waals surface area contributed by atoms with E-state index in [1.54, 1.807) is 6.07 Å². The molecule has 0 radical (unpaired) electrons. The van der Waals surface area contributed by atoms with Crippen molar-refractivity contribution >= 4 is 11.0 Å². The highest BCUT2D eigenvalue weighted by molar-refractivity contribution is 5.85. The fourth-order valence-corrected chi connectivity index (χ4v) is 3.46. The molecule has 1 aromatic heterocycles. The number of fused-ring (bicyclic) bond motifs is 1. The molecule has 1 heterocycles. The molecular weight excluding hydrogens is 350 g/mol. The van der Waals surface area contributed by atoms with E-state index in [0.29, 0.717) is 23.3 Å². The van der Waals surface area contributed by atoms with Crippen molar-refractivity contribution in [1.29, 1.82) is 0 Å². The van der Waals surface area contributed by atoms with Crippen LogP contribution in [-0.2, 0) is 6.54 Å². The van der Waals surface area contributed by atoms with Gasteiger partial charge in [-0.05, 0) is 49.7 Å². The Morgan fingerprint density at radius 1 is 0.964 bits per heavy atom. The molecule has 28 heavy (non-hydrogen) atoms. The second-order valence-corrected chi connectivity index (χ2v) is 7.28. The lowest BCUT2D eigenvalue weighted by atomic mass is 10.0. The van der Waals surface area contributed by atoms with Crippen LogP contribution in [0.2, 0.25) is 0 Å². The van der Waals surface area contributed by atoms with Crippen LogP contribution in [0.4, 0.5) is 0 Å². The number of rotatable bonds is 9. The summed E-state index contributed by atoms with van der Waals surface area (Å²) in [5, 5.41) is 11.3. The molecule has 0 spiro atoms. The first-order chi connectivity index (χ1) is 13.6. The van der Waals surface area contributed by atoms with Crippen molar-refractivity contribution < 1.29 is 9.52 Å². The number of aromatic hydroxyl groups is 1. The van der Waals surface area contributed by atoms with Crippen molar-refractivity contribution in [2.24, 2.45) is 0 Å². The summed E-state index contributed by atoms with van der Waals surface area (Å²) >= 11 is 0. The van der Waals surface area contributed by atoms with Crippen LogP contribution >= 0.6 is 0 Å². The standard InChI is InChI=1S/C24H29NO3/c1-3-5-14-25(15-6-4-2)17-21-22(26)13-12-19-16-20(24(27)28-23(19)21)18-10-8-7-9-11-18/h7-13,16,26H,3-6,14-15,17H2,1-2H3. The van der Waals surface area contributed by atoms with Gasteiger partial charge in [0, 0.05) is 11.9 Å². The molecule has 4 nitrogen and oxygen atoms in total. The highest BCUT2D eigenvalue weighted by Gasteiger charge is 2.16. The van der Waals surface area contributed by atoms with Gasteiger partial charge in [-0.25, -0.2) is 4.79 Å². The first-order valence-corrected chi connectivity index (χ1v) is 10.2. The summed E-state index contributed by atoms with van der Waals surface area (Å²) < 4.78 is 5.73. The van der Waals surface area contributed by atoms with E-state index in [9.17, 15) is 9.90 Å². The Hall–Kier alpha value is -2.59. The Morgan fingerprint density at radius 2 is 1.64 bits per heavy atom. The fourth-order valence-electron chi connectivity index (χ4n) is 3.46. The van der Waals surface area contributed by atoms with Gasteiger partial charge in [0.2, 0.25) is 0 Å². The largest absolute Gasteiger partial charge is 0.507 e. The third-order valence-electron chi connectivity index (χ3n) is 5.10. The van der Waals surface area contributed by atoms with Crippen molar-refractivity contribution in [3.63, 3.8) is 0 Å². The van der Waals surface area contributed by atoms with Crippen LogP contribution in [-0.4, -0.2) is 23.1 Å². The van der Waals surface area contributed by atoms with E-state index in [1.165, 1.54) is 0 Å². The van der Waals surface area contributed by atoms with Crippen molar-refractivity contribution in [1.82, 2.24) is 4.90 Å². The van der Waals surface area contributed by atoms with Crippen LogP contribution < -0.4 is 5.63 Å². The van der Waals surface area contributed by atoms with E-state index < -0.39 is 0 Å². The normalized spacial score (nSPS) is 11.4. The third kappa shape index (κ3) is 4.63. The highest BCUT2D eigenvalue weighted by atomic mass is 16.4. The Balaban J connectivity index is 2.01. The summed E-state index contributed by atoms with van der Waals surface area (Å²) in [6, 6.07) is 14.9. The molecule has 0 atom stereocenters.